The first kappa shape index (κ1) is 11.7. The molecule has 0 bridgehead atoms. The number of hydrogen-bond acceptors (Lipinski definition) is 3. The summed E-state index contributed by atoms with van der Waals surface area (Å²) in [6.07, 6.45) is 0. The third-order valence-corrected chi connectivity index (χ3v) is 2.02. The first-order chi connectivity index (χ1) is 6.91. The maximum Gasteiger partial charge on any atom is 0.387 e. The van der Waals surface area contributed by atoms with Gasteiger partial charge in [0, 0.05) is 6.07 Å². The smallest absolute Gasteiger partial charge is 0.387 e. The number of nitrogen functional groups attached to an aromatic ring is 1. The number of carbonyl (C=O) groups is 1. The van der Waals surface area contributed by atoms with E-state index in [1.807, 2.05) is 0 Å². The van der Waals surface area contributed by atoms with Gasteiger partial charge in [0.1, 0.15) is 5.75 Å². The molecule has 82 valence electrons. The molecule has 3 nitrogen and oxygen atoms in total. The van der Waals surface area contributed by atoms with Gasteiger partial charge >= 0.3 is 6.61 Å². The van der Waals surface area contributed by atoms with Crippen molar-refractivity contribution in [2.45, 2.75) is 13.5 Å². The van der Waals surface area contributed by atoms with Crippen LogP contribution in [0.4, 0.5) is 14.5 Å². The van der Waals surface area contributed by atoms with E-state index in [-0.39, 0.29) is 22.0 Å². The van der Waals surface area contributed by atoms with Gasteiger partial charge in [0.15, 0.2) is 5.78 Å². The molecule has 1 aromatic carbocycles. The highest BCUT2D eigenvalue weighted by molar-refractivity contribution is 6.33. The average molecular weight is 236 g/mol. The number of ether oxygens (including phenoxy) is 1. The molecule has 0 saturated heterocycles. The number of hydrogen-bond donors (Lipinski definition) is 1. The molecule has 0 atom stereocenters. The van der Waals surface area contributed by atoms with E-state index in [1.54, 1.807) is 0 Å². The molecule has 0 aliphatic heterocycles. The Morgan fingerprint density at radius 1 is 1.53 bits per heavy atom. The minimum absolute atomic E-state index is 0.0165. The molecule has 0 fully saturated rings. The molecule has 0 amide bonds. The summed E-state index contributed by atoms with van der Waals surface area (Å²) in [6.45, 7) is -1.79. The third-order valence-electron chi connectivity index (χ3n) is 1.69. The molecule has 1 rings (SSSR count). The van der Waals surface area contributed by atoms with Gasteiger partial charge in [-0.3, -0.25) is 4.79 Å². The van der Waals surface area contributed by atoms with E-state index in [4.69, 9.17) is 17.3 Å². The zero-order valence-corrected chi connectivity index (χ0v) is 8.52. The van der Waals surface area contributed by atoms with Crippen molar-refractivity contribution in [3.8, 4) is 5.75 Å². The van der Waals surface area contributed by atoms with Crippen molar-refractivity contribution in [2.24, 2.45) is 0 Å². The molecule has 0 heterocycles. The Balaban J connectivity index is 3.22. The van der Waals surface area contributed by atoms with Gasteiger partial charge in [-0.15, -0.1) is 0 Å². The van der Waals surface area contributed by atoms with Crippen LogP contribution in [0, 0.1) is 0 Å². The number of anilines is 1. The lowest BCUT2D eigenvalue weighted by molar-refractivity contribution is -0.0501. The summed E-state index contributed by atoms with van der Waals surface area (Å²) < 4.78 is 28.1. The largest absolute Gasteiger partial charge is 0.434 e. The standard InChI is InChI=1S/C9H8ClF2NO2/c1-4(14)5-2-7(13)6(10)3-8(5)15-9(11)12/h2-3,9H,13H2,1H3. The lowest BCUT2D eigenvalue weighted by atomic mass is 10.1. The van der Waals surface area contributed by atoms with Gasteiger partial charge in [0.2, 0.25) is 0 Å². The fraction of sp³-hybridized carbons (Fsp3) is 0.222. The van der Waals surface area contributed by atoms with Crippen LogP contribution in [0.25, 0.3) is 0 Å². The fourth-order valence-electron chi connectivity index (χ4n) is 1.04. The number of ketones is 1. The van der Waals surface area contributed by atoms with Crippen LogP contribution in [0.15, 0.2) is 12.1 Å². The van der Waals surface area contributed by atoms with Crippen LogP contribution in [0.5, 0.6) is 5.75 Å². The summed E-state index contributed by atoms with van der Waals surface area (Å²) in [5, 5.41) is 0.0654. The molecule has 1 aromatic rings. The topological polar surface area (TPSA) is 52.3 Å². The number of carbonyl (C=O) groups excluding carboxylic acids is 1. The highest BCUT2D eigenvalue weighted by Crippen LogP contribution is 2.30. The van der Waals surface area contributed by atoms with E-state index in [0.717, 1.165) is 6.07 Å². The molecular formula is C9H8ClF2NO2. The van der Waals surface area contributed by atoms with E-state index in [0.29, 0.717) is 0 Å². The number of nitrogens with two attached hydrogens (primary N) is 1. The first-order valence-electron chi connectivity index (χ1n) is 3.96. The Bertz CT molecular complexity index is 396. The maximum atomic E-state index is 12.0. The summed E-state index contributed by atoms with van der Waals surface area (Å²) in [6, 6.07) is 2.31. The summed E-state index contributed by atoms with van der Waals surface area (Å²) in [7, 11) is 0. The summed E-state index contributed by atoms with van der Waals surface area (Å²) in [5.41, 5.74) is 5.56. The van der Waals surface area contributed by atoms with Crippen molar-refractivity contribution in [1.82, 2.24) is 0 Å². The average Bonchev–Trinajstić information content (AvgIpc) is 2.09. The Hall–Kier alpha value is -1.36. The van der Waals surface area contributed by atoms with Crippen LogP contribution >= 0.6 is 11.6 Å². The van der Waals surface area contributed by atoms with E-state index in [1.165, 1.54) is 13.0 Å². The minimum atomic E-state index is -3.01. The first-order valence-corrected chi connectivity index (χ1v) is 4.34. The Morgan fingerprint density at radius 3 is 2.60 bits per heavy atom. The van der Waals surface area contributed by atoms with Crippen LogP contribution < -0.4 is 10.5 Å². The van der Waals surface area contributed by atoms with Crippen molar-refractivity contribution in [1.29, 1.82) is 0 Å². The highest BCUT2D eigenvalue weighted by Gasteiger charge is 2.15. The monoisotopic (exact) mass is 235 g/mol. The lowest BCUT2D eigenvalue weighted by Gasteiger charge is -2.10. The van der Waals surface area contributed by atoms with Gasteiger partial charge in [-0.1, -0.05) is 11.6 Å². The molecule has 0 aliphatic rings. The van der Waals surface area contributed by atoms with Crippen LogP contribution in [-0.2, 0) is 0 Å². The zero-order chi connectivity index (χ0) is 11.6. The van der Waals surface area contributed by atoms with Gasteiger partial charge in [0.25, 0.3) is 0 Å². The number of alkyl halides is 2. The molecule has 2 N–H and O–H groups in total. The summed E-state index contributed by atoms with van der Waals surface area (Å²) in [4.78, 5) is 11.1. The van der Waals surface area contributed by atoms with Gasteiger partial charge in [0.05, 0.1) is 16.3 Å². The quantitative estimate of drug-likeness (QED) is 0.647. The predicted molar refractivity (Wildman–Crippen MR) is 52.5 cm³/mol. The molecule has 0 saturated carbocycles. The molecule has 15 heavy (non-hydrogen) atoms. The Morgan fingerprint density at radius 2 is 2.13 bits per heavy atom. The van der Waals surface area contributed by atoms with Crippen LogP contribution in [0.2, 0.25) is 5.02 Å². The van der Waals surface area contributed by atoms with E-state index >= 15 is 0 Å². The van der Waals surface area contributed by atoms with Gasteiger partial charge in [-0.25, -0.2) is 0 Å². The second kappa shape index (κ2) is 4.44. The maximum absolute atomic E-state index is 12.0. The van der Waals surface area contributed by atoms with Gasteiger partial charge < -0.3 is 10.5 Å². The zero-order valence-electron chi connectivity index (χ0n) is 7.76. The third kappa shape index (κ3) is 2.79. The number of Topliss-reactive ketones (excluding diaryl/α,β-unsaturated/α-hetero) is 1. The minimum Gasteiger partial charge on any atom is -0.434 e. The second-order valence-electron chi connectivity index (χ2n) is 2.80. The SMILES string of the molecule is CC(=O)c1cc(N)c(Cl)cc1OC(F)F. The predicted octanol–water partition coefficient (Wildman–Crippen LogP) is 2.73. The van der Waals surface area contributed by atoms with Crippen molar-refractivity contribution in [3.63, 3.8) is 0 Å². The number of rotatable bonds is 3. The molecule has 0 aromatic heterocycles. The van der Waals surface area contributed by atoms with E-state index in [9.17, 15) is 13.6 Å². The van der Waals surface area contributed by atoms with Gasteiger partial charge in [-0.05, 0) is 13.0 Å². The summed E-state index contributed by atoms with van der Waals surface area (Å²) >= 11 is 5.61. The van der Waals surface area contributed by atoms with Crippen molar-refractivity contribution >= 4 is 23.1 Å². The molecule has 6 heteroatoms. The second-order valence-corrected chi connectivity index (χ2v) is 3.21. The van der Waals surface area contributed by atoms with E-state index < -0.39 is 12.4 Å². The Kier molecular flexibility index (Phi) is 3.47. The van der Waals surface area contributed by atoms with Crippen LogP contribution in [0.1, 0.15) is 17.3 Å². The molecule has 0 aliphatic carbocycles. The fourth-order valence-corrected chi connectivity index (χ4v) is 1.19. The molecular weight excluding hydrogens is 228 g/mol. The molecule has 0 spiro atoms. The normalized spacial score (nSPS) is 10.5. The van der Waals surface area contributed by atoms with Gasteiger partial charge in [-0.2, -0.15) is 8.78 Å². The van der Waals surface area contributed by atoms with Crippen LogP contribution in [0.3, 0.4) is 0 Å². The van der Waals surface area contributed by atoms with Crippen molar-refractivity contribution in [2.75, 3.05) is 5.73 Å². The Labute approximate surface area is 89.8 Å². The highest BCUT2D eigenvalue weighted by atomic mass is 35.5. The number of halogens is 3. The summed E-state index contributed by atoms with van der Waals surface area (Å²) in [5.74, 6) is -0.689. The van der Waals surface area contributed by atoms with E-state index in [2.05, 4.69) is 4.74 Å². The van der Waals surface area contributed by atoms with Crippen LogP contribution in [-0.4, -0.2) is 12.4 Å². The number of benzene rings is 1. The van der Waals surface area contributed by atoms with Crippen molar-refractivity contribution in [3.05, 3.63) is 22.7 Å². The van der Waals surface area contributed by atoms with Crippen molar-refractivity contribution < 1.29 is 18.3 Å². The lowest BCUT2D eigenvalue weighted by Crippen LogP contribution is -2.07. The molecule has 0 unspecified atom stereocenters. The molecule has 0 radical (unpaired) electrons.